The fourth-order valence-corrected chi connectivity index (χ4v) is 3.06. The van der Waals surface area contributed by atoms with Crippen LogP contribution in [0.4, 0.5) is 4.39 Å². The molecule has 0 bridgehead atoms. The lowest BCUT2D eigenvalue weighted by Gasteiger charge is -2.17. The van der Waals surface area contributed by atoms with Crippen molar-refractivity contribution in [2.75, 3.05) is 6.54 Å². The third kappa shape index (κ3) is 2.91. The molecule has 0 aliphatic heterocycles. The third-order valence-corrected chi connectivity index (χ3v) is 4.09. The molecule has 1 heterocycles. The summed E-state index contributed by atoms with van der Waals surface area (Å²) in [6.07, 6.45) is 0. The molecule has 1 N–H and O–H groups in total. The average Bonchev–Trinajstić information content (AvgIpc) is 2.76. The van der Waals surface area contributed by atoms with Crippen molar-refractivity contribution >= 4 is 22.9 Å². The summed E-state index contributed by atoms with van der Waals surface area (Å²) in [7, 11) is 0. The Balaban J connectivity index is 2.37. The summed E-state index contributed by atoms with van der Waals surface area (Å²) in [4.78, 5) is 2.48. The minimum Gasteiger partial charge on any atom is -0.306 e. The number of hydrogen-bond donors (Lipinski definition) is 1. The highest BCUT2D eigenvalue weighted by Gasteiger charge is 2.16. The van der Waals surface area contributed by atoms with Gasteiger partial charge in [0.2, 0.25) is 0 Å². The molecule has 0 aliphatic rings. The summed E-state index contributed by atoms with van der Waals surface area (Å²) < 4.78 is 13.2. The molecule has 0 amide bonds. The van der Waals surface area contributed by atoms with E-state index in [0.717, 1.165) is 12.1 Å². The normalized spacial score (nSPS) is 12.7. The minimum atomic E-state index is -0.377. The maximum atomic E-state index is 13.2. The number of benzene rings is 1. The highest BCUT2D eigenvalue weighted by Crippen LogP contribution is 2.30. The molecular weight excluding hydrogens is 269 g/mol. The van der Waals surface area contributed by atoms with Crippen molar-refractivity contribution < 1.29 is 4.39 Å². The van der Waals surface area contributed by atoms with Crippen molar-refractivity contribution in [2.24, 2.45) is 0 Å². The number of aryl methyl sites for hydroxylation is 1. The van der Waals surface area contributed by atoms with Gasteiger partial charge in [-0.2, -0.15) is 0 Å². The van der Waals surface area contributed by atoms with E-state index in [1.807, 2.05) is 0 Å². The Morgan fingerprint density at radius 2 is 2.11 bits per heavy atom. The highest BCUT2D eigenvalue weighted by molar-refractivity contribution is 7.12. The molecule has 0 radical (unpaired) electrons. The van der Waals surface area contributed by atoms with Gasteiger partial charge in [-0.15, -0.1) is 11.3 Å². The van der Waals surface area contributed by atoms with Crippen LogP contribution in [0, 0.1) is 12.7 Å². The molecular formula is C14H15ClFNS. The van der Waals surface area contributed by atoms with E-state index in [9.17, 15) is 4.39 Å². The molecule has 0 fully saturated rings. The largest absolute Gasteiger partial charge is 0.306 e. The molecule has 0 saturated carbocycles. The molecule has 0 saturated heterocycles. The van der Waals surface area contributed by atoms with Crippen LogP contribution in [0.3, 0.4) is 0 Å². The van der Waals surface area contributed by atoms with Gasteiger partial charge in [-0.3, -0.25) is 0 Å². The first-order valence-corrected chi connectivity index (χ1v) is 7.06. The van der Waals surface area contributed by atoms with Crippen LogP contribution < -0.4 is 5.32 Å². The number of hydrogen-bond acceptors (Lipinski definition) is 2. The number of nitrogens with one attached hydrogen (secondary N) is 1. The molecule has 1 aromatic heterocycles. The van der Waals surface area contributed by atoms with Crippen LogP contribution in [-0.4, -0.2) is 6.54 Å². The molecule has 1 atom stereocenters. The van der Waals surface area contributed by atoms with Crippen LogP contribution in [0.2, 0.25) is 5.02 Å². The summed E-state index contributed by atoms with van der Waals surface area (Å²) in [5.74, 6) is -0.377. The maximum absolute atomic E-state index is 13.2. The van der Waals surface area contributed by atoms with Gasteiger partial charge in [0.15, 0.2) is 0 Å². The van der Waals surface area contributed by atoms with Crippen molar-refractivity contribution in [3.8, 4) is 0 Å². The molecule has 18 heavy (non-hydrogen) atoms. The summed E-state index contributed by atoms with van der Waals surface area (Å²) in [5, 5.41) is 3.57. The number of rotatable bonds is 4. The maximum Gasteiger partial charge on any atom is 0.141 e. The lowest BCUT2D eigenvalue weighted by molar-refractivity contribution is 0.617. The van der Waals surface area contributed by atoms with E-state index >= 15 is 0 Å². The predicted octanol–water partition coefficient (Wildman–Crippen LogP) is 4.55. The second-order valence-corrected chi connectivity index (χ2v) is 5.84. The first-order chi connectivity index (χ1) is 8.61. The van der Waals surface area contributed by atoms with E-state index in [-0.39, 0.29) is 16.9 Å². The summed E-state index contributed by atoms with van der Waals surface area (Å²) in [6.45, 7) is 4.98. The van der Waals surface area contributed by atoms with Gasteiger partial charge in [0.1, 0.15) is 5.82 Å². The van der Waals surface area contributed by atoms with Gasteiger partial charge < -0.3 is 5.32 Å². The lowest BCUT2D eigenvalue weighted by Crippen LogP contribution is -2.21. The molecule has 2 rings (SSSR count). The van der Waals surface area contributed by atoms with E-state index in [0.29, 0.717) is 0 Å². The van der Waals surface area contributed by atoms with E-state index in [1.165, 1.54) is 15.8 Å². The third-order valence-electron chi connectivity index (χ3n) is 2.73. The van der Waals surface area contributed by atoms with Gasteiger partial charge in [0, 0.05) is 9.75 Å². The van der Waals surface area contributed by atoms with Crippen molar-refractivity contribution in [3.05, 3.63) is 56.5 Å². The first kappa shape index (κ1) is 13.5. The Morgan fingerprint density at radius 3 is 2.67 bits per heavy atom. The van der Waals surface area contributed by atoms with Gasteiger partial charge in [0.05, 0.1) is 11.1 Å². The standard InChI is InChI=1S/C14H15ClFNS/c1-3-17-14(13-7-4-9(2)18-13)10-5-6-12(16)11(15)8-10/h4-8,14,17H,3H2,1-2H3. The van der Waals surface area contributed by atoms with E-state index in [2.05, 4.69) is 31.3 Å². The molecule has 1 aromatic carbocycles. The van der Waals surface area contributed by atoms with Crippen LogP contribution in [0.15, 0.2) is 30.3 Å². The van der Waals surface area contributed by atoms with E-state index in [4.69, 9.17) is 11.6 Å². The van der Waals surface area contributed by atoms with Crippen LogP contribution in [0.25, 0.3) is 0 Å². The van der Waals surface area contributed by atoms with Gasteiger partial charge >= 0.3 is 0 Å². The Bertz CT molecular complexity index is 538. The number of thiophene rings is 1. The SMILES string of the molecule is CCNC(c1ccc(F)c(Cl)c1)c1ccc(C)s1. The van der Waals surface area contributed by atoms with Gasteiger partial charge in [-0.05, 0) is 43.3 Å². The molecule has 2 aromatic rings. The Hall–Kier alpha value is -0.900. The summed E-state index contributed by atoms with van der Waals surface area (Å²) in [5.41, 5.74) is 0.991. The number of halogens is 2. The van der Waals surface area contributed by atoms with Crippen LogP contribution in [-0.2, 0) is 0 Å². The van der Waals surface area contributed by atoms with Crippen molar-refractivity contribution in [1.82, 2.24) is 5.32 Å². The summed E-state index contributed by atoms with van der Waals surface area (Å²) in [6, 6.07) is 9.16. The molecule has 0 aliphatic carbocycles. The van der Waals surface area contributed by atoms with Gasteiger partial charge in [-0.1, -0.05) is 24.6 Å². The molecule has 0 spiro atoms. The van der Waals surface area contributed by atoms with E-state index < -0.39 is 0 Å². The van der Waals surface area contributed by atoms with Crippen LogP contribution in [0.5, 0.6) is 0 Å². The van der Waals surface area contributed by atoms with Crippen molar-refractivity contribution in [2.45, 2.75) is 19.9 Å². The van der Waals surface area contributed by atoms with Gasteiger partial charge in [0.25, 0.3) is 0 Å². The lowest BCUT2D eigenvalue weighted by atomic mass is 10.1. The molecule has 4 heteroatoms. The molecule has 96 valence electrons. The topological polar surface area (TPSA) is 12.0 Å². The van der Waals surface area contributed by atoms with Crippen molar-refractivity contribution in [3.63, 3.8) is 0 Å². The van der Waals surface area contributed by atoms with Crippen LogP contribution in [0.1, 0.15) is 28.3 Å². The fraction of sp³-hybridized carbons (Fsp3) is 0.286. The Kier molecular flexibility index (Phi) is 4.38. The summed E-state index contributed by atoms with van der Waals surface area (Å²) >= 11 is 7.59. The fourth-order valence-electron chi connectivity index (χ4n) is 1.89. The zero-order chi connectivity index (χ0) is 13.1. The van der Waals surface area contributed by atoms with Crippen LogP contribution >= 0.6 is 22.9 Å². The smallest absolute Gasteiger partial charge is 0.141 e. The quantitative estimate of drug-likeness (QED) is 0.868. The zero-order valence-electron chi connectivity index (χ0n) is 10.3. The second kappa shape index (κ2) is 5.83. The first-order valence-electron chi connectivity index (χ1n) is 5.86. The predicted molar refractivity (Wildman–Crippen MR) is 76.0 cm³/mol. The van der Waals surface area contributed by atoms with Gasteiger partial charge in [-0.25, -0.2) is 4.39 Å². The minimum absolute atomic E-state index is 0.0757. The van der Waals surface area contributed by atoms with E-state index in [1.54, 1.807) is 23.5 Å². The van der Waals surface area contributed by atoms with Crippen molar-refractivity contribution in [1.29, 1.82) is 0 Å². The zero-order valence-corrected chi connectivity index (χ0v) is 11.9. The molecule has 1 unspecified atom stereocenters. The monoisotopic (exact) mass is 283 g/mol. The Labute approximate surface area is 116 Å². The highest BCUT2D eigenvalue weighted by atomic mass is 35.5. The average molecular weight is 284 g/mol. The Morgan fingerprint density at radius 1 is 1.33 bits per heavy atom. The molecule has 1 nitrogen and oxygen atoms in total. The second-order valence-electron chi connectivity index (χ2n) is 4.11.